The van der Waals surface area contributed by atoms with Crippen LogP contribution in [0.2, 0.25) is 5.15 Å². The van der Waals surface area contributed by atoms with E-state index in [1.165, 1.54) is 13.3 Å². The number of carbonyl (C=O) groups is 1. The summed E-state index contributed by atoms with van der Waals surface area (Å²) in [5.74, 6) is -0.441. The molecule has 2 aromatic heterocycles. The van der Waals surface area contributed by atoms with Crippen molar-refractivity contribution in [1.82, 2.24) is 9.38 Å². The van der Waals surface area contributed by atoms with Crippen LogP contribution in [0.3, 0.4) is 0 Å². The molecule has 0 atom stereocenters. The fourth-order valence-electron chi connectivity index (χ4n) is 1.29. The maximum Gasteiger partial charge on any atom is 0.341 e. The molecule has 78 valence electrons. The first-order valence-corrected chi connectivity index (χ1v) is 5.21. The Kier molecular flexibility index (Phi) is 2.67. The highest BCUT2D eigenvalue weighted by Gasteiger charge is 2.14. The molecule has 0 N–H and O–H groups in total. The zero-order valence-corrected chi connectivity index (χ0v) is 10.0. The molecule has 0 saturated carbocycles. The van der Waals surface area contributed by atoms with E-state index >= 15 is 0 Å². The topological polar surface area (TPSA) is 43.6 Å². The van der Waals surface area contributed by atoms with Crippen molar-refractivity contribution in [2.45, 2.75) is 0 Å². The van der Waals surface area contributed by atoms with Gasteiger partial charge in [0.05, 0.1) is 13.3 Å². The van der Waals surface area contributed by atoms with Gasteiger partial charge in [-0.2, -0.15) is 0 Å². The van der Waals surface area contributed by atoms with Crippen molar-refractivity contribution in [3.63, 3.8) is 0 Å². The number of imidazole rings is 1. The fourth-order valence-corrected chi connectivity index (χ4v) is 1.90. The Bertz CT molecular complexity index is 538. The highest BCUT2D eigenvalue weighted by Crippen LogP contribution is 2.21. The molecule has 0 amide bonds. The van der Waals surface area contributed by atoms with Gasteiger partial charge in [-0.3, -0.25) is 4.40 Å². The molecule has 0 radical (unpaired) electrons. The molecule has 0 spiro atoms. The molecule has 0 aromatic carbocycles. The Morgan fingerprint density at radius 1 is 1.67 bits per heavy atom. The summed E-state index contributed by atoms with van der Waals surface area (Å²) >= 11 is 9.18. The Hall–Kier alpha value is -1.07. The van der Waals surface area contributed by atoms with E-state index in [1.807, 2.05) is 0 Å². The van der Waals surface area contributed by atoms with E-state index in [9.17, 15) is 4.79 Å². The van der Waals surface area contributed by atoms with E-state index in [0.29, 0.717) is 16.4 Å². The van der Waals surface area contributed by atoms with Gasteiger partial charge in [-0.25, -0.2) is 9.78 Å². The average Bonchev–Trinajstić information content (AvgIpc) is 2.58. The highest BCUT2D eigenvalue weighted by molar-refractivity contribution is 9.10. The second kappa shape index (κ2) is 3.83. The van der Waals surface area contributed by atoms with Crippen LogP contribution in [-0.2, 0) is 4.74 Å². The van der Waals surface area contributed by atoms with E-state index in [4.69, 9.17) is 11.6 Å². The van der Waals surface area contributed by atoms with Crippen LogP contribution in [0, 0.1) is 0 Å². The third-order valence-electron chi connectivity index (χ3n) is 1.93. The number of halogens is 2. The first-order valence-electron chi connectivity index (χ1n) is 4.04. The Labute approximate surface area is 98.9 Å². The van der Waals surface area contributed by atoms with Crippen LogP contribution in [0.15, 0.2) is 22.9 Å². The summed E-state index contributed by atoms with van der Waals surface area (Å²) in [7, 11) is 1.32. The number of fused-ring (bicyclic) bond motifs is 1. The molecule has 6 heteroatoms. The molecular formula is C9H6BrClN2O2. The Morgan fingerprint density at radius 3 is 3.07 bits per heavy atom. The number of carbonyl (C=O) groups excluding carboxylic acids is 1. The fraction of sp³-hybridized carbons (Fsp3) is 0.111. The van der Waals surface area contributed by atoms with Crippen LogP contribution >= 0.6 is 27.5 Å². The number of hydrogen-bond acceptors (Lipinski definition) is 3. The second-order valence-corrected chi connectivity index (χ2v) is 4.14. The molecule has 0 bridgehead atoms. The predicted molar refractivity (Wildman–Crippen MR) is 59.2 cm³/mol. The molecule has 0 aliphatic carbocycles. The normalized spacial score (nSPS) is 10.6. The second-order valence-electron chi connectivity index (χ2n) is 2.84. The van der Waals surface area contributed by atoms with Gasteiger partial charge in [0.15, 0.2) is 5.65 Å². The van der Waals surface area contributed by atoms with E-state index in [-0.39, 0.29) is 0 Å². The monoisotopic (exact) mass is 288 g/mol. The molecule has 0 fully saturated rings. The maximum atomic E-state index is 11.4. The van der Waals surface area contributed by atoms with Gasteiger partial charge in [0, 0.05) is 10.7 Å². The number of esters is 1. The number of nitrogens with zero attached hydrogens (tertiary/aromatic N) is 2. The minimum absolute atomic E-state index is 0.374. The smallest absolute Gasteiger partial charge is 0.341 e. The molecular weight excluding hydrogens is 283 g/mol. The highest BCUT2D eigenvalue weighted by atomic mass is 79.9. The minimum atomic E-state index is -0.441. The third-order valence-corrected chi connectivity index (χ3v) is 2.65. The quantitative estimate of drug-likeness (QED) is 0.758. The maximum absolute atomic E-state index is 11.4. The lowest BCUT2D eigenvalue weighted by atomic mass is 10.3. The van der Waals surface area contributed by atoms with Crippen molar-refractivity contribution >= 4 is 39.1 Å². The SMILES string of the molecule is COC(=O)c1cc(Br)cn2c(Cl)cnc12. The van der Waals surface area contributed by atoms with Crippen LogP contribution < -0.4 is 0 Å². The zero-order chi connectivity index (χ0) is 11.0. The van der Waals surface area contributed by atoms with Gasteiger partial charge >= 0.3 is 5.97 Å². The third kappa shape index (κ3) is 1.72. The van der Waals surface area contributed by atoms with E-state index < -0.39 is 5.97 Å². The van der Waals surface area contributed by atoms with Gasteiger partial charge in [-0.1, -0.05) is 11.6 Å². The van der Waals surface area contributed by atoms with E-state index in [1.54, 1.807) is 16.7 Å². The first-order chi connectivity index (χ1) is 7.13. The van der Waals surface area contributed by atoms with E-state index in [2.05, 4.69) is 25.7 Å². The molecule has 0 saturated heterocycles. The summed E-state index contributed by atoms with van der Waals surface area (Å²) in [5.41, 5.74) is 0.855. The number of ether oxygens (including phenoxy) is 1. The van der Waals surface area contributed by atoms with Crippen molar-refractivity contribution in [3.8, 4) is 0 Å². The summed E-state index contributed by atoms with van der Waals surface area (Å²) in [6, 6.07) is 1.64. The minimum Gasteiger partial charge on any atom is -0.465 e. The molecule has 2 rings (SSSR count). The number of aromatic nitrogens is 2. The predicted octanol–water partition coefficient (Wildman–Crippen LogP) is 2.54. The van der Waals surface area contributed by atoms with Gasteiger partial charge in [-0.05, 0) is 22.0 Å². The molecule has 4 nitrogen and oxygen atoms in total. The standard InChI is InChI=1S/C9H6BrClN2O2/c1-15-9(14)6-2-5(10)4-13-7(11)3-12-8(6)13/h2-4H,1H3. The Balaban J connectivity index is 2.78. The van der Waals surface area contributed by atoms with Gasteiger partial charge in [0.25, 0.3) is 0 Å². The van der Waals surface area contributed by atoms with Crippen molar-refractivity contribution < 1.29 is 9.53 Å². The van der Waals surface area contributed by atoms with Crippen LogP contribution in [-0.4, -0.2) is 22.5 Å². The summed E-state index contributed by atoms with van der Waals surface area (Å²) < 4.78 is 6.99. The largest absolute Gasteiger partial charge is 0.465 e. The van der Waals surface area contributed by atoms with Crippen LogP contribution in [0.1, 0.15) is 10.4 Å². The lowest BCUT2D eigenvalue weighted by Crippen LogP contribution is -2.04. The number of pyridine rings is 1. The number of methoxy groups -OCH3 is 1. The first kappa shape index (κ1) is 10.4. The van der Waals surface area contributed by atoms with Gasteiger partial charge in [-0.15, -0.1) is 0 Å². The van der Waals surface area contributed by atoms with Crippen molar-refractivity contribution in [2.24, 2.45) is 0 Å². The van der Waals surface area contributed by atoms with Gasteiger partial charge < -0.3 is 4.74 Å². The molecule has 2 heterocycles. The van der Waals surface area contributed by atoms with Crippen molar-refractivity contribution in [1.29, 1.82) is 0 Å². The van der Waals surface area contributed by atoms with Crippen molar-refractivity contribution in [2.75, 3.05) is 7.11 Å². The summed E-state index contributed by atoms with van der Waals surface area (Å²) in [6.45, 7) is 0. The number of hydrogen-bond donors (Lipinski definition) is 0. The van der Waals surface area contributed by atoms with Crippen molar-refractivity contribution in [3.05, 3.63) is 33.6 Å². The van der Waals surface area contributed by atoms with Gasteiger partial charge in [0.2, 0.25) is 0 Å². The molecule has 0 unspecified atom stereocenters. The summed E-state index contributed by atoms with van der Waals surface area (Å²) in [5, 5.41) is 0.441. The number of rotatable bonds is 1. The Morgan fingerprint density at radius 2 is 2.40 bits per heavy atom. The summed E-state index contributed by atoms with van der Waals surface area (Å²) in [6.07, 6.45) is 3.22. The van der Waals surface area contributed by atoms with E-state index in [0.717, 1.165) is 4.47 Å². The van der Waals surface area contributed by atoms with Crippen LogP contribution in [0.25, 0.3) is 5.65 Å². The van der Waals surface area contributed by atoms with Crippen LogP contribution in [0.5, 0.6) is 0 Å². The average molecular weight is 290 g/mol. The van der Waals surface area contributed by atoms with Gasteiger partial charge in [0.1, 0.15) is 10.7 Å². The molecule has 0 aliphatic heterocycles. The van der Waals surface area contributed by atoms with Crippen LogP contribution in [0.4, 0.5) is 0 Å². The molecule has 15 heavy (non-hydrogen) atoms. The zero-order valence-electron chi connectivity index (χ0n) is 7.70. The molecule has 0 aliphatic rings. The lowest BCUT2D eigenvalue weighted by molar-refractivity contribution is 0.0602. The summed E-state index contributed by atoms with van der Waals surface area (Å²) in [4.78, 5) is 15.5. The molecule has 2 aromatic rings. The lowest BCUT2D eigenvalue weighted by Gasteiger charge is -2.03.